The molecule has 0 amide bonds. The van der Waals surface area contributed by atoms with Crippen LogP contribution in [-0.2, 0) is 22.2 Å². The molecule has 1 aromatic heterocycles. The molecule has 0 aliphatic carbocycles. The normalized spacial score (nSPS) is 12.9. The van der Waals surface area contributed by atoms with Crippen molar-refractivity contribution < 1.29 is 43.5 Å². The molecule has 0 saturated carbocycles. The van der Waals surface area contributed by atoms with Crippen LogP contribution in [0.1, 0.15) is 16.8 Å². The summed E-state index contributed by atoms with van der Waals surface area (Å²) in [4.78, 5) is -1.03. The highest BCUT2D eigenvalue weighted by atomic mass is 32.2. The van der Waals surface area contributed by atoms with Crippen LogP contribution in [0.25, 0.3) is 16.9 Å². The largest absolute Gasteiger partial charge is 0.435 e. The molecular weight excluding hydrogens is 472 g/mol. The molecule has 172 valence electrons. The second kappa shape index (κ2) is 7.57. The number of hydrogen-bond donors (Lipinski definition) is 0. The van der Waals surface area contributed by atoms with Crippen molar-refractivity contribution >= 4 is 9.84 Å². The number of rotatable bonds is 3. The van der Waals surface area contributed by atoms with E-state index in [1.165, 1.54) is 0 Å². The number of nitrogens with zero attached hydrogens (tertiary/aromatic N) is 2. The maximum Gasteiger partial charge on any atom is 0.435 e. The molecule has 0 spiro atoms. The molecule has 13 heteroatoms. The molecule has 32 heavy (non-hydrogen) atoms. The summed E-state index contributed by atoms with van der Waals surface area (Å²) in [5.74, 6) is -2.87. The summed E-state index contributed by atoms with van der Waals surface area (Å²) in [6.07, 6.45) is -9.30. The van der Waals surface area contributed by atoms with Crippen molar-refractivity contribution in [2.24, 2.45) is 0 Å². The van der Waals surface area contributed by atoms with E-state index in [1.54, 1.807) is 0 Å². The van der Waals surface area contributed by atoms with Crippen LogP contribution in [0.4, 0.5) is 35.1 Å². The van der Waals surface area contributed by atoms with Gasteiger partial charge in [-0.25, -0.2) is 21.9 Å². The lowest BCUT2D eigenvalue weighted by molar-refractivity contribution is -0.141. The third-order valence-corrected chi connectivity index (χ3v) is 5.58. The Kier molecular flexibility index (Phi) is 5.61. The third-order valence-electron chi connectivity index (χ3n) is 4.47. The number of alkyl halides is 6. The van der Waals surface area contributed by atoms with E-state index in [0.717, 1.165) is 19.1 Å². The minimum atomic E-state index is -5.06. The first-order chi connectivity index (χ1) is 14.5. The lowest BCUT2D eigenvalue weighted by Gasteiger charge is -2.14. The van der Waals surface area contributed by atoms with Crippen molar-refractivity contribution in [2.75, 3.05) is 6.26 Å². The molecule has 3 rings (SSSR count). The van der Waals surface area contributed by atoms with Gasteiger partial charge in [0.2, 0.25) is 0 Å². The van der Waals surface area contributed by atoms with Crippen LogP contribution in [0.2, 0.25) is 0 Å². The maximum absolute atomic E-state index is 14.6. The molecule has 0 N–H and O–H groups in total. The van der Waals surface area contributed by atoms with Gasteiger partial charge in [0.25, 0.3) is 0 Å². The fourth-order valence-electron chi connectivity index (χ4n) is 2.96. The first kappa shape index (κ1) is 23.7. The lowest BCUT2D eigenvalue weighted by atomic mass is 10.1. The van der Waals surface area contributed by atoms with Crippen molar-refractivity contribution in [1.82, 2.24) is 9.78 Å². The molecule has 0 radical (unpaired) electrons. The van der Waals surface area contributed by atoms with Gasteiger partial charge < -0.3 is 0 Å². The molecule has 0 saturated heterocycles. The zero-order valence-electron chi connectivity index (χ0n) is 16.1. The highest BCUT2D eigenvalue weighted by Crippen LogP contribution is 2.37. The summed E-state index contributed by atoms with van der Waals surface area (Å²) < 4.78 is 132. The van der Waals surface area contributed by atoms with Gasteiger partial charge in [-0.1, -0.05) is 6.07 Å². The quantitative estimate of drug-likeness (QED) is 0.457. The molecule has 3 aromatic rings. The van der Waals surface area contributed by atoms with Gasteiger partial charge in [-0.15, -0.1) is 0 Å². The minimum absolute atomic E-state index is 0.222. The van der Waals surface area contributed by atoms with E-state index < -0.39 is 66.9 Å². The van der Waals surface area contributed by atoms with Gasteiger partial charge in [-0.3, -0.25) is 0 Å². The van der Waals surface area contributed by atoms with Gasteiger partial charge in [-0.2, -0.15) is 31.4 Å². The summed E-state index contributed by atoms with van der Waals surface area (Å²) in [7, 11) is -4.20. The third kappa shape index (κ3) is 4.47. The summed E-state index contributed by atoms with van der Waals surface area (Å²) in [6.45, 7) is 1.14. The minimum Gasteiger partial charge on any atom is -0.232 e. The fraction of sp³-hybridized carbons (Fsp3) is 0.211. The van der Waals surface area contributed by atoms with Crippen molar-refractivity contribution in [3.05, 3.63) is 64.9 Å². The van der Waals surface area contributed by atoms with Crippen LogP contribution >= 0.6 is 0 Å². The summed E-state index contributed by atoms with van der Waals surface area (Å²) in [5.41, 5.74) is -5.02. The molecule has 2 aromatic carbocycles. The van der Waals surface area contributed by atoms with E-state index in [0.29, 0.717) is 29.1 Å². The number of halogens is 8. The van der Waals surface area contributed by atoms with Crippen molar-refractivity contribution in [2.45, 2.75) is 24.2 Å². The number of sulfone groups is 1. The van der Waals surface area contributed by atoms with E-state index in [2.05, 4.69) is 5.10 Å². The molecule has 0 aliphatic rings. The highest BCUT2D eigenvalue weighted by molar-refractivity contribution is 7.90. The predicted octanol–water partition coefficient (Wildman–Crippen LogP) is 5.57. The lowest BCUT2D eigenvalue weighted by Crippen LogP contribution is -2.11. The van der Waals surface area contributed by atoms with Crippen molar-refractivity contribution in [3.8, 4) is 16.9 Å². The number of aryl methyl sites for hydroxylation is 1. The molecule has 1 heterocycles. The van der Waals surface area contributed by atoms with E-state index in [1.807, 2.05) is 0 Å². The average Bonchev–Trinajstić information content (AvgIpc) is 3.07. The molecule has 0 fully saturated rings. The summed E-state index contributed by atoms with van der Waals surface area (Å²) >= 11 is 0. The molecule has 0 bridgehead atoms. The monoisotopic (exact) mass is 484 g/mol. The first-order valence-electron chi connectivity index (χ1n) is 8.55. The Hall–Kier alpha value is -2.96. The average molecular weight is 484 g/mol. The summed E-state index contributed by atoms with van der Waals surface area (Å²) in [6, 6.07) is 3.48. The standard InChI is InChI=1S/C19H12F8N2O2S/c1-9-3-4-10(5-12(9)18(22,23)24)29-15(8-17(28-29)19(25,26)27)11-6-14(21)16(7-13(11)20)32(2,30)31/h3-8H,1-2H3. The number of hydrogen-bond acceptors (Lipinski definition) is 3. The Balaban J connectivity index is 2.33. The zero-order valence-corrected chi connectivity index (χ0v) is 16.9. The van der Waals surface area contributed by atoms with Crippen LogP contribution in [0.5, 0.6) is 0 Å². The second-order valence-corrected chi connectivity index (χ2v) is 8.84. The van der Waals surface area contributed by atoms with Crippen LogP contribution < -0.4 is 0 Å². The Morgan fingerprint density at radius 3 is 2.03 bits per heavy atom. The Labute approximate surface area is 176 Å². The van der Waals surface area contributed by atoms with Crippen molar-refractivity contribution in [1.29, 1.82) is 0 Å². The maximum atomic E-state index is 14.6. The number of benzene rings is 2. The molecule has 0 atom stereocenters. The van der Waals surface area contributed by atoms with Gasteiger partial charge in [0.1, 0.15) is 16.5 Å². The van der Waals surface area contributed by atoms with Gasteiger partial charge in [0.15, 0.2) is 15.5 Å². The van der Waals surface area contributed by atoms with E-state index >= 15 is 0 Å². The second-order valence-electron chi connectivity index (χ2n) is 6.86. The molecule has 0 aliphatic heterocycles. The van der Waals surface area contributed by atoms with Gasteiger partial charge >= 0.3 is 12.4 Å². The number of aromatic nitrogens is 2. The predicted molar refractivity (Wildman–Crippen MR) is 96.8 cm³/mol. The highest BCUT2D eigenvalue weighted by Gasteiger charge is 2.37. The topological polar surface area (TPSA) is 52.0 Å². The van der Waals surface area contributed by atoms with Crippen LogP contribution in [0.3, 0.4) is 0 Å². The Morgan fingerprint density at radius 1 is 0.875 bits per heavy atom. The van der Waals surface area contributed by atoms with Crippen LogP contribution in [0.15, 0.2) is 41.3 Å². The molecular formula is C19H12F8N2O2S. The summed E-state index contributed by atoms with van der Waals surface area (Å²) in [5, 5.41) is 3.24. The first-order valence-corrected chi connectivity index (χ1v) is 10.4. The van der Waals surface area contributed by atoms with Gasteiger partial charge in [0, 0.05) is 11.8 Å². The van der Waals surface area contributed by atoms with E-state index in [4.69, 9.17) is 0 Å². The van der Waals surface area contributed by atoms with E-state index in [9.17, 15) is 43.5 Å². The fourth-order valence-corrected chi connectivity index (χ4v) is 3.70. The van der Waals surface area contributed by atoms with E-state index in [-0.39, 0.29) is 11.6 Å². The molecule has 4 nitrogen and oxygen atoms in total. The smallest absolute Gasteiger partial charge is 0.232 e. The Bertz CT molecular complexity index is 1310. The van der Waals surface area contributed by atoms with Gasteiger partial charge in [0.05, 0.1) is 16.9 Å². The molecule has 0 unspecified atom stereocenters. The van der Waals surface area contributed by atoms with Gasteiger partial charge in [-0.05, 0) is 42.8 Å². The van der Waals surface area contributed by atoms with Crippen LogP contribution in [0, 0.1) is 18.6 Å². The zero-order chi connectivity index (χ0) is 24.2. The van der Waals surface area contributed by atoms with Crippen LogP contribution in [-0.4, -0.2) is 24.5 Å². The van der Waals surface area contributed by atoms with Crippen molar-refractivity contribution in [3.63, 3.8) is 0 Å². The SMILES string of the molecule is Cc1ccc(-n2nc(C(F)(F)F)cc2-c2cc(F)c(S(C)(=O)=O)cc2F)cc1C(F)(F)F. The Morgan fingerprint density at radius 2 is 1.50 bits per heavy atom.